The minimum absolute atomic E-state index is 0.0969. The number of carbonyl (C=O) groups is 1. The van der Waals surface area contributed by atoms with E-state index in [1.807, 2.05) is 10.5 Å². The molecule has 7 rings (SSSR count). The van der Waals surface area contributed by atoms with Crippen molar-refractivity contribution in [3.8, 4) is 0 Å². The smallest absolute Gasteiger partial charge is 0.307 e. The predicted octanol–water partition coefficient (Wildman–Crippen LogP) is 3.00. The summed E-state index contributed by atoms with van der Waals surface area (Å²) in [6.45, 7) is 8.17. The number of hydrogen-bond acceptors (Lipinski definition) is 10. The van der Waals surface area contributed by atoms with E-state index in [2.05, 4.69) is 34.3 Å². The zero-order chi connectivity index (χ0) is 26.6. The lowest BCUT2D eigenvalue weighted by Gasteiger charge is -2.36. The maximum absolute atomic E-state index is 12.4. The summed E-state index contributed by atoms with van der Waals surface area (Å²) in [5.41, 5.74) is 3.91. The van der Waals surface area contributed by atoms with Gasteiger partial charge >= 0.3 is 5.16 Å². The van der Waals surface area contributed by atoms with E-state index in [9.17, 15) is 4.79 Å². The number of thioether (sulfide) groups is 1. The van der Waals surface area contributed by atoms with Crippen molar-refractivity contribution >= 4 is 60.9 Å². The van der Waals surface area contributed by atoms with Crippen LogP contribution in [0.1, 0.15) is 30.7 Å². The molecule has 0 atom stereocenters. The zero-order valence-electron chi connectivity index (χ0n) is 21.7. The van der Waals surface area contributed by atoms with Crippen molar-refractivity contribution in [2.75, 3.05) is 37.0 Å². The standard InChI is InChI=1S/C26H27N7O4S2/c1-26(2)10-16-17(12-37-26)22(32-5-8-35-9-6-32)29-24-19(16)20-21(39-24)23-30-31-25(33(23)14-28-20)38-13-18(34)27-11-15-4-3-7-36-15/h3-4,7,14H,5-6,8-13H2,1-2H3,(H,27,34)/p+1. The number of aromatic amines is 1. The molecular weight excluding hydrogens is 538 g/mol. The molecule has 1 fully saturated rings. The van der Waals surface area contributed by atoms with Crippen LogP contribution in [0, 0.1) is 0 Å². The van der Waals surface area contributed by atoms with E-state index in [4.69, 9.17) is 23.9 Å². The number of fused-ring (bicyclic) bond motifs is 7. The van der Waals surface area contributed by atoms with Gasteiger partial charge in [0.05, 0.1) is 49.4 Å². The van der Waals surface area contributed by atoms with Crippen molar-refractivity contribution in [2.45, 2.75) is 44.2 Å². The fraction of sp³-hybridized carbons (Fsp3) is 0.423. The molecule has 2 aliphatic rings. The van der Waals surface area contributed by atoms with Gasteiger partial charge in [-0.3, -0.25) is 4.79 Å². The Labute approximate surface area is 231 Å². The highest BCUT2D eigenvalue weighted by molar-refractivity contribution is 7.99. The Morgan fingerprint density at radius 3 is 3.00 bits per heavy atom. The van der Waals surface area contributed by atoms with Crippen molar-refractivity contribution in [3.05, 3.63) is 41.6 Å². The molecule has 5 aromatic rings. The van der Waals surface area contributed by atoms with Crippen LogP contribution in [0.3, 0.4) is 0 Å². The van der Waals surface area contributed by atoms with E-state index in [1.165, 1.54) is 17.3 Å². The van der Waals surface area contributed by atoms with Gasteiger partial charge < -0.3 is 24.1 Å². The fourth-order valence-corrected chi connectivity index (χ4v) is 7.08. The van der Waals surface area contributed by atoms with Crippen molar-refractivity contribution in [1.29, 1.82) is 0 Å². The van der Waals surface area contributed by atoms with Crippen LogP contribution in [-0.4, -0.2) is 63.7 Å². The van der Waals surface area contributed by atoms with E-state index in [0.29, 0.717) is 37.3 Å². The lowest BCUT2D eigenvalue weighted by atomic mass is 9.90. The third-order valence-electron chi connectivity index (χ3n) is 7.12. The topological polar surface area (TPSA) is 123 Å². The van der Waals surface area contributed by atoms with Crippen LogP contribution in [-0.2, 0) is 33.8 Å². The maximum atomic E-state index is 12.4. The predicted molar refractivity (Wildman–Crippen MR) is 147 cm³/mol. The van der Waals surface area contributed by atoms with Gasteiger partial charge in [0.2, 0.25) is 12.2 Å². The van der Waals surface area contributed by atoms with Crippen LogP contribution in [0.2, 0.25) is 0 Å². The first kappa shape index (κ1) is 24.8. The Morgan fingerprint density at radius 1 is 1.31 bits per heavy atom. The number of furan rings is 1. The normalized spacial score (nSPS) is 17.2. The number of anilines is 1. The summed E-state index contributed by atoms with van der Waals surface area (Å²) in [6.07, 6.45) is 4.16. The van der Waals surface area contributed by atoms with E-state index >= 15 is 0 Å². The summed E-state index contributed by atoms with van der Waals surface area (Å²) >= 11 is 2.98. The van der Waals surface area contributed by atoms with Crippen LogP contribution in [0.15, 0.2) is 34.3 Å². The minimum Gasteiger partial charge on any atom is -0.467 e. The molecule has 0 saturated carbocycles. The number of morpholine rings is 1. The van der Waals surface area contributed by atoms with Gasteiger partial charge in [-0.15, -0.1) is 16.3 Å². The zero-order valence-corrected chi connectivity index (χ0v) is 23.3. The molecule has 0 aromatic carbocycles. The number of hydrogen-bond donors (Lipinski definition) is 2. The third kappa shape index (κ3) is 4.52. The molecule has 0 spiro atoms. The second-order valence-electron chi connectivity index (χ2n) is 10.3. The van der Waals surface area contributed by atoms with Gasteiger partial charge in [-0.05, 0) is 43.3 Å². The van der Waals surface area contributed by atoms with Crippen LogP contribution in [0.5, 0.6) is 0 Å². The molecule has 39 heavy (non-hydrogen) atoms. The highest BCUT2D eigenvalue weighted by atomic mass is 32.2. The second-order valence-corrected chi connectivity index (χ2v) is 12.2. The van der Waals surface area contributed by atoms with E-state index < -0.39 is 0 Å². The molecule has 2 aliphatic heterocycles. The molecule has 11 nitrogen and oxygen atoms in total. The number of amides is 1. The van der Waals surface area contributed by atoms with Crippen LogP contribution >= 0.6 is 23.1 Å². The second kappa shape index (κ2) is 9.73. The van der Waals surface area contributed by atoms with E-state index in [-0.39, 0.29) is 17.3 Å². The largest absolute Gasteiger partial charge is 0.467 e. The number of pyridine rings is 1. The number of aromatic nitrogens is 5. The van der Waals surface area contributed by atoms with Crippen molar-refractivity contribution in [2.24, 2.45) is 0 Å². The summed E-state index contributed by atoms with van der Waals surface area (Å²) in [7, 11) is 0. The Morgan fingerprint density at radius 2 is 2.18 bits per heavy atom. The first-order valence-electron chi connectivity index (χ1n) is 12.9. The Hall–Kier alpha value is -3.26. The number of thiophene rings is 1. The summed E-state index contributed by atoms with van der Waals surface area (Å²) < 4.78 is 20.0. The molecule has 13 heteroatoms. The molecule has 5 aromatic heterocycles. The highest BCUT2D eigenvalue weighted by Gasteiger charge is 2.34. The Balaban J connectivity index is 1.25. The first-order valence-corrected chi connectivity index (χ1v) is 14.7. The molecule has 7 heterocycles. The number of rotatable bonds is 6. The number of nitrogens with zero attached hydrogens (tertiary/aromatic N) is 5. The summed E-state index contributed by atoms with van der Waals surface area (Å²) in [4.78, 5) is 25.7. The van der Waals surface area contributed by atoms with Gasteiger partial charge in [-0.2, -0.15) is 9.50 Å². The maximum Gasteiger partial charge on any atom is 0.307 e. The Kier molecular flexibility index (Phi) is 6.18. The third-order valence-corrected chi connectivity index (χ3v) is 9.15. The lowest BCUT2D eigenvalue weighted by Crippen LogP contribution is -2.39. The molecule has 1 saturated heterocycles. The van der Waals surface area contributed by atoms with E-state index in [1.54, 1.807) is 30.0 Å². The van der Waals surface area contributed by atoms with Crippen LogP contribution in [0.25, 0.3) is 26.1 Å². The highest BCUT2D eigenvalue weighted by Crippen LogP contribution is 2.43. The van der Waals surface area contributed by atoms with Crippen molar-refractivity contribution < 1.29 is 23.1 Å². The lowest BCUT2D eigenvalue weighted by molar-refractivity contribution is -0.558. The molecular formula is C26H28N7O4S2+. The molecule has 1 amide bonds. The van der Waals surface area contributed by atoms with Crippen molar-refractivity contribution in [3.63, 3.8) is 0 Å². The fourth-order valence-electron chi connectivity index (χ4n) is 5.19. The van der Waals surface area contributed by atoms with Gasteiger partial charge in [0.1, 0.15) is 21.1 Å². The number of carbonyl (C=O) groups excluding carboxylic acids is 1. The minimum atomic E-state index is -0.272. The number of ether oxygens (including phenoxy) is 2. The molecule has 0 bridgehead atoms. The average Bonchev–Trinajstić information content (AvgIpc) is 3.68. The Bertz CT molecular complexity index is 1690. The van der Waals surface area contributed by atoms with Gasteiger partial charge in [-0.25, -0.2) is 4.98 Å². The summed E-state index contributed by atoms with van der Waals surface area (Å²) in [6, 6.07) is 3.63. The van der Waals surface area contributed by atoms with E-state index in [0.717, 1.165) is 57.0 Å². The van der Waals surface area contributed by atoms with Crippen LogP contribution in [0.4, 0.5) is 5.82 Å². The van der Waals surface area contributed by atoms with Crippen LogP contribution < -0.4 is 14.6 Å². The van der Waals surface area contributed by atoms with Gasteiger partial charge in [0, 0.05) is 30.2 Å². The average molecular weight is 567 g/mol. The SMILES string of the molecule is CC1(C)Cc2c(c(N3CCOCC3)nc3sc4c(nc[n+]5c(SCC(=O)NCc6ccco6)n[nH]c45)c23)CO1. The molecule has 2 N–H and O–H groups in total. The molecule has 0 radical (unpaired) electrons. The molecule has 0 unspecified atom stereocenters. The van der Waals surface area contributed by atoms with Gasteiger partial charge in [0.15, 0.2) is 5.52 Å². The quantitative estimate of drug-likeness (QED) is 0.236. The first-order chi connectivity index (χ1) is 19.0. The van der Waals surface area contributed by atoms with Gasteiger partial charge in [-0.1, -0.05) is 0 Å². The molecule has 202 valence electrons. The number of nitrogens with one attached hydrogen (secondary N) is 2. The molecule has 0 aliphatic carbocycles. The monoisotopic (exact) mass is 566 g/mol. The summed E-state index contributed by atoms with van der Waals surface area (Å²) in [5, 5.41) is 12.3. The van der Waals surface area contributed by atoms with Crippen molar-refractivity contribution in [1.82, 2.24) is 25.5 Å². The van der Waals surface area contributed by atoms with Gasteiger partial charge in [0.25, 0.3) is 5.65 Å². The summed E-state index contributed by atoms with van der Waals surface area (Å²) in [5.74, 6) is 1.84. The number of H-pyrrole nitrogens is 1.